The molecule has 39 heavy (non-hydrogen) atoms. The van der Waals surface area contributed by atoms with Crippen molar-refractivity contribution in [2.75, 3.05) is 26.0 Å². The highest BCUT2D eigenvalue weighted by molar-refractivity contribution is 6.02. The smallest absolute Gasteiger partial charge is 0.338 e. The Hall–Kier alpha value is -3.26. The van der Waals surface area contributed by atoms with Crippen molar-refractivity contribution in [2.24, 2.45) is 5.41 Å². The van der Waals surface area contributed by atoms with Crippen molar-refractivity contribution in [3.8, 4) is 5.75 Å². The quantitative estimate of drug-likeness (QED) is 0.217. The highest BCUT2D eigenvalue weighted by Gasteiger charge is 2.58. The first kappa shape index (κ1) is 28.7. The summed E-state index contributed by atoms with van der Waals surface area (Å²) < 4.78 is 39.2. The Morgan fingerprint density at radius 2 is 1.97 bits per heavy atom. The summed E-state index contributed by atoms with van der Waals surface area (Å²) in [5, 5.41) is 7.99. The SMILES string of the molecule is C/C=C\c1c(C)c(C)cc(OC)c1CN1CCC2(CC1c1ccc(C(=O)OCC)c(C=N)c1N)CC(F)(F)C2. The van der Waals surface area contributed by atoms with Crippen LogP contribution in [-0.4, -0.2) is 43.3 Å². The topological polar surface area (TPSA) is 88.6 Å². The molecule has 2 aromatic carbocycles. The van der Waals surface area contributed by atoms with Crippen molar-refractivity contribution in [2.45, 2.75) is 71.9 Å². The van der Waals surface area contributed by atoms with Crippen molar-refractivity contribution >= 4 is 23.9 Å². The monoisotopic (exact) mass is 539 g/mol. The third-order valence-corrected chi connectivity index (χ3v) is 8.46. The van der Waals surface area contributed by atoms with Crippen molar-refractivity contribution in [3.63, 3.8) is 0 Å². The normalized spacial score (nSPS) is 20.1. The number of carbonyl (C=O) groups excluding carboxylic acids is 1. The standard InChI is InChI=1S/C31H39F2N3O3/c1-6-8-21-20(4)19(3)13-27(38-5)25(21)16-36-12-11-30(17-31(32,33)18-30)14-26(36)23-10-9-22(29(37)39-7-2)24(15-34)28(23)35/h6,8-10,13,15,26,34H,7,11-12,14,16-18,35H2,1-5H3/b8-6-,34-15?. The Morgan fingerprint density at radius 1 is 1.26 bits per heavy atom. The number of hydrogen-bond donors (Lipinski definition) is 2. The molecule has 1 aliphatic heterocycles. The van der Waals surface area contributed by atoms with E-state index in [1.54, 1.807) is 26.2 Å². The second-order valence-electron chi connectivity index (χ2n) is 11.0. The molecule has 1 unspecified atom stereocenters. The Morgan fingerprint density at radius 3 is 2.56 bits per heavy atom. The van der Waals surface area contributed by atoms with Crippen LogP contribution >= 0.6 is 0 Å². The number of anilines is 1. The highest BCUT2D eigenvalue weighted by Crippen LogP contribution is 2.61. The molecule has 1 saturated heterocycles. The van der Waals surface area contributed by atoms with E-state index >= 15 is 0 Å². The van der Waals surface area contributed by atoms with E-state index in [1.165, 1.54) is 0 Å². The van der Waals surface area contributed by atoms with Crippen molar-refractivity contribution < 1.29 is 23.0 Å². The van der Waals surface area contributed by atoms with Gasteiger partial charge in [0.15, 0.2) is 0 Å². The fraction of sp³-hybridized carbons (Fsp3) is 0.484. The Bertz CT molecular complexity index is 1300. The van der Waals surface area contributed by atoms with Gasteiger partial charge < -0.3 is 20.6 Å². The lowest BCUT2D eigenvalue weighted by Gasteiger charge is -2.55. The first-order valence-electron chi connectivity index (χ1n) is 13.5. The van der Waals surface area contributed by atoms with E-state index in [1.807, 2.05) is 19.1 Å². The number of carbonyl (C=O) groups is 1. The number of aryl methyl sites for hydroxylation is 1. The van der Waals surface area contributed by atoms with Crippen LogP contribution < -0.4 is 10.5 Å². The summed E-state index contributed by atoms with van der Waals surface area (Å²) in [5.74, 6) is -2.39. The number of alkyl halides is 2. The molecule has 0 amide bonds. The average Bonchev–Trinajstić information content (AvgIpc) is 2.87. The third kappa shape index (κ3) is 5.44. The van der Waals surface area contributed by atoms with E-state index < -0.39 is 17.3 Å². The molecular weight excluding hydrogens is 500 g/mol. The van der Waals surface area contributed by atoms with Gasteiger partial charge >= 0.3 is 5.97 Å². The summed E-state index contributed by atoms with van der Waals surface area (Å²) in [6.45, 7) is 9.21. The third-order valence-electron chi connectivity index (χ3n) is 8.46. The molecule has 0 bridgehead atoms. The van der Waals surface area contributed by atoms with Crippen LogP contribution in [0.3, 0.4) is 0 Å². The number of nitrogen functional groups attached to an aromatic ring is 1. The maximum absolute atomic E-state index is 14.1. The van der Waals surface area contributed by atoms with Gasteiger partial charge in [0.2, 0.25) is 5.92 Å². The highest BCUT2D eigenvalue weighted by atomic mass is 19.3. The summed E-state index contributed by atoms with van der Waals surface area (Å²) in [6, 6.07) is 5.21. The Labute approximate surface area is 229 Å². The van der Waals surface area contributed by atoms with Gasteiger partial charge in [-0.15, -0.1) is 0 Å². The molecule has 3 N–H and O–H groups in total. The number of methoxy groups -OCH3 is 1. The van der Waals surface area contributed by atoms with Gasteiger partial charge in [0.1, 0.15) is 5.75 Å². The number of ether oxygens (including phenoxy) is 2. The second kappa shape index (κ2) is 11.1. The summed E-state index contributed by atoms with van der Waals surface area (Å²) in [5.41, 5.74) is 12.2. The molecule has 8 heteroatoms. The lowest BCUT2D eigenvalue weighted by molar-refractivity contribution is -0.186. The molecule has 2 fully saturated rings. The van der Waals surface area contributed by atoms with Crippen molar-refractivity contribution in [1.29, 1.82) is 5.41 Å². The molecule has 1 aliphatic carbocycles. The molecule has 0 aromatic heterocycles. The van der Waals surface area contributed by atoms with Crippen LogP contribution in [0.25, 0.3) is 6.08 Å². The largest absolute Gasteiger partial charge is 0.496 e. The number of rotatable bonds is 8. The predicted octanol–water partition coefficient (Wildman–Crippen LogP) is 6.85. The number of halogens is 2. The molecular formula is C31H39F2N3O3. The second-order valence-corrected chi connectivity index (χ2v) is 11.0. The molecule has 1 spiro atoms. The van der Waals surface area contributed by atoms with Gasteiger partial charge in [-0.2, -0.15) is 0 Å². The predicted molar refractivity (Wildman–Crippen MR) is 151 cm³/mol. The van der Waals surface area contributed by atoms with Gasteiger partial charge in [-0.1, -0.05) is 18.2 Å². The lowest BCUT2D eigenvalue weighted by Crippen LogP contribution is -2.53. The minimum absolute atomic E-state index is 0.126. The molecule has 1 saturated carbocycles. The first-order chi connectivity index (χ1) is 18.5. The number of allylic oxidation sites excluding steroid dienone is 1. The number of nitrogens with two attached hydrogens (primary N) is 1. The van der Waals surface area contributed by atoms with Crippen LogP contribution in [0, 0.1) is 24.7 Å². The number of piperidine rings is 1. The number of benzene rings is 2. The van der Waals surface area contributed by atoms with Crippen LogP contribution in [0.4, 0.5) is 14.5 Å². The zero-order valence-electron chi connectivity index (χ0n) is 23.5. The fourth-order valence-corrected chi connectivity index (χ4v) is 6.43. The van der Waals surface area contributed by atoms with Gasteiger partial charge in [-0.05, 0) is 86.9 Å². The van der Waals surface area contributed by atoms with E-state index in [9.17, 15) is 13.6 Å². The zero-order chi connectivity index (χ0) is 28.5. The van der Waals surface area contributed by atoms with Gasteiger partial charge in [-0.3, -0.25) is 4.90 Å². The van der Waals surface area contributed by atoms with Crippen LogP contribution in [0.5, 0.6) is 5.75 Å². The fourth-order valence-electron chi connectivity index (χ4n) is 6.43. The van der Waals surface area contributed by atoms with E-state index in [0.717, 1.165) is 39.8 Å². The summed E-state index contributed by atoms with van der Waals surface area (Å²) >= 11 is 0. The summed E-state index contributed by atoms with van der Waals surface area (Å²) in [4.78, 5) is 14.8. The van der Waals surface area contributed by atoms with Gasteiger partial charge in [0.25, 0.3) is 0 Å². The summed E-state index contributed by atoms with van der Waals surface area (Å²) in [6.07, 6.45) is 6.11. The molecule has 6 nitrogen and oxygen atoms in total. The van der Waals surface area contributed by atoms with E-state index in [-0.39, 0.29) is 31.1 Å². The summed E-state index contributed by atoms with van der Waals surface area (Å²) in [7, 11) is 1.66. The number of nitrogens with zero attached hydrogens (tertiary/aromatic N) is 1. The van der Waals surface area contributed by atoms with Crippen molar-refractivity contribution in [1.82, 2.24) is 4.90 Å². The Kier molecular flexibility index (Phi) is 8.17. The first-order valence-corrected chi connectivity index (χ1v) is 13.5. The van der Waals surface area contributed by atoms with Crippen LogP contribution in [-0.2, 0) is 11.3 Å². The maximum atomic E-state index is 14.1. The lowest BCUT2D eigenvalue weighted by atomic mass is 9.58. The van der Waals surface area contributed by atoms with Crippen LogP contribution in [0.1, 0.15) is 89.3 Å². The van der Waals surface area contributed by atoms with Crippen LogP contribution in [0.15, 0.2) is 24.3 Å². The van der Waals surface area contributed by atoms with Crippen LogP contribution in [0.2, 0.25) is 0 Å². The number of nitrogens with one attached hydrogen (secondary N) is 1. The van der Waals surface area contributed by atoms with Gasteiger partial charge in [0.05, 0.1) is 19.3 Å². The molecule has 210 valence electrons. The molecule has 1 atom stereocenters. The Balaban J connectivity index is 1.80. The minimum Gasteiger partial charge on any atom is -0.496 e. The van der Waals surface area contributed by atoms with Gasteiger partial charge in [-0.25, -0.2) is 13.6 Å². The molecule has 4 rings (SSSR count). The number of esters is 1. The molecule has 0 radical (unpaired) electrons. The zero-order valence-corrected chi connectivity index (χ0v) is 23.5. The minimum atomic E-state index is -2.64. The number of likely N-dealkylation sites (tertiary alicyclic amines) is 1. The molecule has 2 aliphatic rings. The van der Waals surface area contributed by atoms with E-state index in [0.29, 0.717) is 37.2 Å². The van der Waals surface area contributed by atoms with E-state index in [4.69, 9.17) is 20.6 Å². The molecule has 1 heterocycles. The van der Waals surface area contributed by atoms with Crippen molar-refractivity contribution in [3.05, 3.63) is 63.2 Å². The molecule has 2 aromatic rings. The van der Waals surface area contributed by atoms with Gasteiger partial charge in [0, 0.05) is 48.5 Å². The maximum Gasteiger partial charge on any atom is 0.338 e. The average molecular weight is 540 g/mol. The van der Waals surface area contributed by atoms with E-state index in [2.05, 4.69) is 24.8 Å². The number of hydrogen-bond acceptors (Lipinski definition) is 6.